The maximum Gasteiger partial charge on any atom is 0.321 e. The highest BCUT2D eigenvalue weighted by atomic mass is 16.2. The molecule has 1 aromatic heterocycles. The lowest BCUT2D eigenvalue weighted by Gasteiger charge is -2.33. The van der Waals surface area contributed by atoms with Gasteiger partial charge < -0.3 is 20.4 Å². The Balaban J connectivity index is 1.38. The fourth-order valence-corrected chi connectivity index (χ4v) is 5.01. The summed E-state index contributed by atoms with van der Waals surface area (Å²) in [6.45, 7) is 10.8. The Labute approximate surface area is 229 Å². The van der Waals surface area contributed by atoms with E-state index in [1.54, 1.807) is 11.0 Å². The van der Waals surface area contributed by atoms with Crippen molar-refractivity contribution < 1.29 is 9.59 Å². The van der Waals surface area contributed by atoms with Crippen molar-refractivity contribution >= 4 is 29.1 Å². The molecule has 1 aliphatic heterocycles. The van der Waals surface area contributed by atoms with Gasteiger partial charge in [0.15, 0.2) is 5.82 Å². The number of piperidine rings is 1. The highest BCUT2D eigenvalue weighted by molar-refractivity contribution is 5.89. The van der Waals surface area contributed by atoms with Crippen LogP contribution in [0.25, 0.3) is 0 Å². The van der Waals surface area contributed by atoms with Gasteiger partial charge in [0.2, 0.25) is 5.91 Å². The molecule has 2 heterocycles. The number of aryl methyl sites for hydroxylation is 2. The normalized spacial score (nSPS) is 13.7. The molecule has 206 valence electrons. The van der Waals surface area contributed by atoms with E-state index in [-0.39, 0.29) is 30.0 Å². The second-order valence-corrected chi connectivity index (χ2v) is 10.0. The van der Waals surface area contributed by atoms with E-state index in [4.69, 9.17) is 0 Å². The molecular formula is C30H38N6O3. The minimum absolute atomic E-state index is 0.0249. The summed E-state index contributed by atoms with van der Waals surface area (Å²) in [5, 5.41) is 10.8. The lowest BCUT2D eigenvalue weighted by Crippen LogP contribution is -2.45. The molecule has 1 fully saturated rings. The number of rotatable bonds is 8. The predicted octanol–water partition coefficient (Wildman–Crippen LogP) is 4.76. The van der Waals surface area contributed by atoms with Crippen LogP contribution in [0.2, 0.25) is 0 Å². The lowest BCUT2D eigenvalue weighted by atomic mass is 9.95. The molecular weight excluding hydrogens is 492 g/mol. The van der Waals surface area contributed by atoms with Crippen LogP contribution in [0.1, 0.15) is 43.4 Å². The van der Waals surface area contributed by atoms with E-state index in [1.165, 1.54) is 10.7 Å². The summed E-state index contributed by atoms with van der Waals surface area (Å²) < 4.78 is 1.41. The zero-order valence-corrected chi connectivity index (χ0v) is 23.2. The third kappa shape index (κ3) is 6.85. The molecule has 3 aromatic rings. The molecule has 0 atom stereocenters. The number of hydrogen-bond donors (Lipinski definition) is 2. The van der Waals surface area contributed by atoms with Gasteiger partial charge >= 0.3 is 6.03 Å². The maximum atomic E-state index is 12.9. The van der Waals surface area contributed by atoms with Crippen LogP contribution in [0.15, 0.2) is 59.4 Å². The van der Waals surface area contributed by atoms with E-state index in [0.717, 1.165) is 22.4 Å². The smallest absolute Gasteiger partial charge is 0.321 e. The fourth-order valence-electron chi connectivity index (χ4n) is 5.01. The first-order valence-corrected chi connectivity index (χ1v) is 13.6. The third-order valence-corrected chi connectivity index (χ3v) is 7.32. The summed E-state index contributed by atoms with van der Waals surface area (Å²) in [5.74, 6) is 0.743. The number of carbonyl (C=O) groups excluding carboxylic acids is 2. The SMILES string of the molecule is CCN(CC)C(=O)C1CCN(C(=O)Nc2cccc(Cn3nc(Nc4c(C)cccc4C)ccc3=O)c2)CC1. The Morgan fingerprint density at radius 2 is 1.64 bits per heavy atom. The highest BCUT2D eigenvalue weighted by Gasteiger charge is 2.29. The van der Waals surface area contributed by atoms with Crippen LogP contribution >= 0.6 is 0 Å². The van der Waals surface area contributed by atoms with Crippen LogP contribution in [-0.2, 0) is 11.3 Å². The van der Waals surface area contributed by atoms with Crippen molar-refractivity contribution in [2.24, 2.45) is 5.92 Å². The number of anilines is 3. The van der Waals surface area contributed by atoms with Crippen LogP contribution in [0, 0.1) is 19.8 Å². The molecule has 2 N–H and O–H groups in total. The van der Waals surface area contributed by atoms with Gasteiger partial charge in [-0.15, -0.1) is 0 Å². The van der Waals surface area contributed by atoms with Crippen molar-refractivity contribution in [3.05, 3.63) is 81.6 Å². The monoisotopic (exact) mass is 530 g/mol. The van der Waals surface area contributed by atoms with Crippen LogP contribution in [0.5, 0.6) is 0 Å². The maximum absolute atomic E-state index is 12.9. The number of aromatic nitrogens is 2. The van der Waals surface area contributed by atoms with Gasteiger partial charge in [-0.1, -0.05) is 30.3 Å². The van der Waals surface area contributed by atoms with Gasteiger partial charge in [0.05, 0.1) is 6.54 Å². The molecule has 0 spiro atoms. The van der Waals surface area contributed by atoms with Crippen molar-refractivity contribution in [3.63, 3.8) is 0 Å². The first kappa shape index (κ1) is 27.9. The Kier molecular flexibility index (Phi) is 9.01. The third-order valence-electron chi connectivity index (χ3n) is 7.32. The van der Waals surface area contributed by atoms with Crippen molar-refractivity contribution in [1.29, 1.82) is 0 Å². The number of hydrogen-bond acceptors (Lipinski definition) is 5. The Morgan fingerprint density at radius 1 is 0.974 bits per heavy atom. The van der Waals surface area contributed by atoms with Gasteiger partial charge in [0.25, 0.3) is 5.56 Å². The molecule has 0 radical (unpaired) electrons. The number of likely N-dealkylation sites (tertiary alicyclic amines) is 1. The number of amides is 3. The molecule has 0 saturated carbocycles. The van der Waals surface area contributed by atoms with Crippen molar-refractivity contribution in [3.8, 4) is 0 Å². The van der Waals surface area contributed by atoms with E-state index in [2.05, 4.69) is 15.7 Å². The standard InChI is InChI=1S/C30H38N6O3/c1-5-34(6-2)29(38)24-15-17-35(18-16-24)30(39)31-25-12-8-11-23(19-25)20-36-27(37)14-13-26(33-36)32-28-21(3)9-7-10-22(28)4/h7-14,19,24H,5-6,15-18,20H2,1-4H3,(H,31,39)(H,32,33). The van der Waals surface area contributed by atoms with Crippen LogP contribution in [0.3, 0.4) is 0 Å². The topological polar surface area (TPSA) is 99.6 Å². The van der Waals surface area contributed by atoms with Crippen LogP contribution in [0.4, 0.5) is 22.0 Å². The van der Waals surface area contributed by atoms with Gasteiger partial charge in [-0.25, -0.2) is 9.48 Å². The Morgan fingerprint density at radius 3 is 2.31 bits per heavy atom. The molecule has 3 amide bonds. The minimum atomic E-state index is -0.210. The zero-order chi connectivity index (χ0) is 27.9. The number of carbonyl (C=O) groups is 2. The number of nitrogens with one attached hydrogen (secondary N) is 2. The summed E-state index contributed by atoms with van der Waals surface area (Å²) in [5.41, 5.74) is 4.45. The van der Waals surface area contributed by atoms with Gasteiger partial charge in [-0.3, -0.25) is 9.59 Å². The molecule has 1 saturated heterocycles. The fraction of sp³-hybridized carbons (Fsp3) is 0.400. The van der Waals surface area contributed by atoms with E-state index < -0.39 is 0 Å². The highest BCUT2D eigenvalue weighted by Crippen LogP contribution is 2.23. The van der Waals surface area contributed by atoms with Crippen molar-refractivity contribution in [2.45, 2.75) is 47.1 Å². The quantitative estimate of drug-likeness (QED) is 0.437. The van der Waals surface area contributed by atoms with Crippen molar-refractivity contribution in [1.82, 2.24) is 19.6 Å². The molecule has 1 aliphatic rings. The van der Waals surface area contributed by atoms with E-state index in [0.29, 0.717) is 50.5 Å². The molecule has 39 heavy (non-hydrogen) atoms. The average molecular weight is 531 g/mol. The number of nitrogens with zero attached hydrogens (tertiary/aromatic N) is 4. The van der Waals surface area contributed by atoms with E-state index in [9.17, 15) is 14.4 Å². The number of benzene rings is 2. The minimum Gasteiger partial charge on any atom is -0.343 e. The molecule has 0 aliphatic carbocycles. The van der Waals surface area contributed by atoms with Gasteiger partial charge in [-0.05, 0) is 75.4 Å². The summed E-state index contributed by atoms with van der Waals surface area (Å²) >= 11 is 0. The Bertz CT molecular complexity index is 1350. The molecule has 0 bridgehead atoms. The zero-order valence-electron chi connectivity index (χ0n) is 23.2. The van der Waals surface area contributed by atoms with E-state index in [1.807, 2.05) is 75.1 Å². The largest absolute Gasteiger partial charge is 0.343 e. The lowest BCUT2D eigenvalue weighted by molar-refractivity contribution is -0.136. The predicted molar refractivity (Wildman–Crippen MR) is 154 cm³/mol. The number of urea groups is 1. The first-order valence-electron chi connectivity index (χ1n) is 13.6. The van der Waals surface area contributed by atoms with Gasteiger partial charge in [-0.2, -0.15) is 5.10 Å². The second kappa shape index (κ2) is 12.6. The summed E-state index contributed by atoms with van der Waals surface area (Å²) in [6.07, 6.45) is 1.34. The summed E-state index contributed by atoms with van der Waals surface area (Å²) in [7, 11) is 0. The van der Waals surface area contributed by atoms with Crippen LogP contribution < -0.4 is 16.2 Å². The molecule has 2 aromatic carbocycles. The second-order valence-electron chi connectivity index (χ2n) is 10.0. The molecule has 9 heteroatoms. The number of para-hydroxylation sites is 1. The summed E-state index contributed by atoms with van der Waals surface area (Å²) in [4.78, 5) is 41.8. The van der Waals surface area contributed by atoms with Crippen LogP contribution in [-0.4, -0.2) is 57.7 Å². The molecule has 4 rings (SSSR count). The Hall–Kier alpha value is -4.14. The summed E-state index contributed by atoms with van der Waals surface area (Å²) in [6, 6.07) is 16.5. The van der Waals surface area contributed by atoms with Gasteiger partial charge in [0.1, 0.15) is 0 Å². The molecule has 0 unspecified atom stereocenters. The van der Waals surface area contributed by atoms with Gasteiger partial charge in [0, 0.05) is 49.5 Å². The molecule has 9 nitrogen and oxygen atoms in total. The van der Waals surface area contributed by atoms with Crippen molar-refractivity contribution in [2.75, 3.05) is 36.8 Å². The van der Waals surface area contributed by atoms with E-state index >= 15 is 0 Å². The first-order chi connectivity index (χ1) is 18.8. The average Bonchev–Trinajstić information content (AvgIpc) is 2.93.